The number of carboxylic acid groups (broad SMARTS) is 1. The van der Waals surface area contributed by atoms with Crippen LogP contribution in [-0.2, 0) is 4.79 Å². The molecule has 1 atom stereocenters. The van der Waals surface area contributed by atoms with Crippen LogP contribution in [0, 0.1) is 5.92 Å². The topological polar surface area (TPSA) is 37.3 Å². The van der Waals surface area contributed by atoms with Crippen LogP contribution in [-0.4, -0.2) is 11.1 Å². The first-order chi connectivity index (χ1) is 6.07. The van der Waals surface area contributed by atoms with Crippen LogP contribution in [0.15, 0.2) is 36.5 Å². The first-order valence-electron chi connectivity index (χ1n) is 4.25. The minimum atomic E-state index is -0.800. The molecule has 1 N–H and O–H groups in total. The van der Waals surface area contributed by atoms with Gasteiger partial charge in [-0.05, 0) is 20.3 Å². The summed E-state index contributed by atoms with van der Waals surface area (Å²) in [6.07, 6.45) is 8.00. The molecule has 2 heteroatoms. The van der Waals surface area contributed by atoms with Crippen molar-refractivity contribution >= 4 is 5.97 Å². The summed E-state index contributed by atoms with van der Waals surface area (Å²) in [5.41, 5.74) is 1.17. The Hall–Kier alpha value is -1.31. The second-order valence-corrected chi connectivity index (χ2v) is 3.02. The summed E-state index contributed by atoms with van der Waals surface area (Å²) in [7, 11) is 0. The highest BCUT2D eigenvalue weighted by atomic mass is 16.4. The number of allylic oxidation sites excluding steroid dienone is 4. The molecule has 0 saturated heterocycles. The number of carboxylic acids is 1. The van der Waals surface area contributed by atoms with E-state index in [-0.39, 0.29) is 0 Å². The Morgan fingerprint density at radius 1 is 1.62 bits per heavy atom. The minimum Gasteiger partial charge on any atom is -0.481 e. The predicted octanol–water partition coefficient (Wildman–Crippen LogP) is 2.79. The van der Waals surface area contributed by atoms with Gasteiger partial charge in [-0.3, -0.25) is 4.79 Å². The molecular formula is C11H16O2. The van der Waals surface area contributed by atoms with Gasteiger partial charge in [0.05, 0.1) is 5.92 Å². The zero-order chi connectivity index (χ0) is 10.3. The molecule has 1 unspecified atom stereocenters. The lowest BCUT2D eigenvalue weighted by atomic mass is 10.1. The number of carbonyl (C=O) groups is 1. The van der Waals surface area contributed by atoms with E-state index in [1.54, 1.807) is 19.1 Å². The average molecular weight is 180 g/mol. The molecule has 0 bridgehead atoms. The van der Waals surface area contributed by atoms with Crippen molar-refractivity contribution < 1.29 is 9.90 Å². The standard InChI is InChI=1S/C11H16O2/c1-4-6-9(2)7-5-8-10(3)11(12)13/h4-5,7-8,10H,1,6H2,2-3H3,(H,12,13)/b8-5+,9-7+. The monoisotopic (exact) mass is 180 g/mol. The minimum absolute atomic E-state index is 0.423. The smallest absolute Gasteiger partial charge is 0.310 e. The van der Waals surface area contributed by atoms with Crippen LogP contribution in [0.5, 0.6) is 0 Å². The summed E-state index contributed by atoms with van der Waals surface area (Å²) in [5, 5.41) is 8.56. The van der Waals surface area contributed by atoms with E-state index in [0.29, 0.717) is 0 Å². The van der Waals surface area contributed by atoms with Crippen molar-refractivity contribution in [2.45, 2.75) is 20.3 Å². The van der Waals surface area contributed by atoms with E-state index >= 15 is 0 Å². The van der Waals surface area contributed by atoms with Crippen molar-refractivity contribution in [2.24, 2.45) is 5.92 Å². The van der Waals surface area contributed by atoms with Crippen molar-refractivity contribution in [1.29, 1.82) is 0 Å². The van der Waals surface area contributed by atoms with Gasteiger partial charge in [-0.1, -0.05) is 29.9 Å². The molecular weight excluding hydrogens is 164 g/mol. The lowest BCUT2D eigenvalue weighted by Gasteiger charge is -1.96. The molecule has 2 nitrogen and oxygen atoms in total. The van der Waals surface area contributed by atoms with Gasteiger partial charge in [-0.25, -0.2) is 0 Å². The van der Waals surface area contributed by atoms with Crippen molar-refractivity contribution in [3.05, 3.63) is 36.5 Å². The van der Waals surface area contributed by atoms with Gasteiger partial charge in [0.25, 0.3) is 0 Å². The van der Waals surface area contributed by atoms with Crippen molar-refractivity contribution in [2.75, 3.05) is 0 Å². The van der Waals surface area contributed by atoms with Gasteiger partial charge in [0.2, 0.25) is 0 Å². The van der Waals surface area contributed by atoms with Crippen molar-refractivity contribution in [1.82, 2.24) is 0 Å². The molecule has 0 rings (SSSR count). The Morgan fingerprint density at radius 3 is 2.69 bits per heavy atom. The summed E-state index contributed by atoms with van der Waals surface area (Å²) in [6, 6.07) is 0. The van der Waals surface area contributed by atoms with Crippen LogP contribution in [0.3, 0.4) is 0 Å². The first-order valence-corrected chi connectivity index (χ1v) is 4.25. The van der Waals surface area contributed by atoms with Gasteiger partial charge in [-0.2, -0.15) is 0 Å². The second kappa shape index (κ2) is 6.23. The molecule has 0 amide bonds. The molecule has 13 heavy (non-hydrogen) atoms. The third-order valence-corrected chi connectivity index (χ3v) is 1.64. The van der Waals surface area contributed by atoms with E-state index < -0.39 is 11.9 Å². The van der Waals surface area contributed by atoms with Crippen LogP contribution >= 0.6 is 0 Å². The number of rotatable bonds is 5. The van der Waals surface area contributed by atoms with Crippen molar-refractivity contribution in [3.63, 3.8) is 0 Å². The number of hydrogen-bond acceptors (Lipinski definition) is 1. The van der Waals surface area contributed by atoms with Gasteiger partial charge in [0.15, 0.2) is 0 Å². The molecule has 0 aliphatic heterocycles. The van der Waals surface area contributed by atoms with E-state index in [1.165, 1.54) is 5.57 Å². The summed E-state index contributed by atoms with van der Waals surface area (Å²) in [4.78, 5) is 10.4. The van der Waals surface area contributed by atoms with Gasteiger partial charge < -0.3 is 5.11 Å². The molecule has 0 spiro atoms. The highest BCUT2D eigenvalue weighted by molar-refractivity contribution is 5.71. The predicted molar refractivity (Wildman–Crippen MR) is 54.5 cm³/mol. The summed E-state index contributed by atoms with van der Waals surface area (Å²) < 4.78 is 0. The fourth-order valence-electron chi connectivity index (χ4n) is 0.765. The van der Waals surface area contributed by atoms with E-state index in [1.807, 2.05) is 19.1 Å². The quantitative estimate of drug-likeness (QED) is 0.521. The Bertz CT molecular complexity index is 236. The van der Waals surface area contributed by atoms with E-state index in [9.17, 15) is 4.79 Å². The van der Waals surface area contributed by atoms with E-state index in [4.69, 9.17) is 5.11 Å². The molecule has 0 radical (unpaired) electrons. The first kappa shape index (κ1) is 11.7. The Balaban J connectivity index is 4.05. The lowest BCUT2D eigenvalue weighted by molar-refractivity contribution is -0.139. The maximum Gasteiger partial charge on any atom is 0.310 e. The molecule has 0 aliphatic rings. The second-order valence-electron chi connectivity index (χ2n) is 3.02. The third-order valence-electron chi connectivity index (χ3n) is 1.64. The van der Waals surface area contributed by atoms with E-state index in [0.717, 1.165) is 6.42 Å². The summed E-state index contributed by atoms with van der Waals surface area (Å²) in [6.45, 7) is 7.24. The Kier molecular flexibility index (Phi) is 5.60. The zero-order valence-electron chi connectivity index (χ0n) is 8.16. The van der Waals surface area contributed by atoms with Crippen LogP contribution in [0.25, 0.3) is 0 Å². The molecule has 0 aromatic heterocycles. The van der Waals surface area contributed by atoms with Gasteiger partial charge in [0, 0.05) is 0 Å². The molecule has 0 aromatic carbocycles. The molecule has 0 saturated carbocycles. The maximum atomic E-state index is 10.4. The van der Waals surface area contributed by atoms with E-state index in [2.05, 4.69) is 6.58 Å². The van der Waals surface area contributed by atoms with Gasteiger partial charge in [-0.15, -0.1) is 6.58 Å². The van der Waals surface area contributed by atoms with Crippen molar-refractivity contribution in [3.8, 4) is 0 Å². The van der Waals surface area contributed by atoms with Gasteiger partial charge >= 0.3 is 5.97 Å². The highest BCUT2D eigenvalue weighted by Gasteiger charge is 2.03. The lowest BCUT2D eigenvalue weighted by Crippen LogP contribution is -2.05. The zero-order valence-corrected chi connectivity index (χ0v) is 8.16. The molecule has 0 aromatic rings. The third kappa shape index (κ3) is 5.91. The maximum absolute atomic E-state index is 10.4. The highest BCUT2D eigenvalue weighted by Crippen LogP contribution is 2.02. The number of hydrogen-bond donors (Lipinski definition) is 1. The van der Waals surface area contributed by atoms with Crippen LogP contribution in [0.4, 0.5) is 0 Å². The van der Waals surface area contributed by atoms with Crippen LogP contribution in [0.1, 0.15) is 20.3 Å². The SMILES string of the molecule is C=CC/C(C)=C/C=C/C(C)C(=O)O. The molecule has 72 valence electrons. The molecule has 0 heterocycles. The normalized spacial score (nSPS) is 14.5. The Labute approximate surface area is 79.3 Å². The number of aliphatic carboxylic acids is 1. The average Bonchev–Trinajstić information content (AvgIpc) is 2.04. The summed E-state index contributed by atoms with van der Waals surface area (Å²) in [5.74, 6) is -1.22. The van der Waals surface area contributed by atoms with Gasteiger partial charge in [0.1, 0.15) is 0 Å². The Morgan fingerprint density at radius 2 is 2.23 bits per heavy atom. The fourth-order valence-corrected chi connectivity index (χ4v) is 0.765. The molecule has 0 fully saturated rings. The van der Waals surface area contributed by atoms with Crippen LogP contribution in [0.2, 0.25) is 0 Å². The van der Waals surface area contributed by atoms with Crippen LogP contribution < -0.4 is 0 Å². The fraction of sp³-hybridized carbons (Fsp3) is 0.364. The largest absolute Gasteiger partial charge is 0.481 e. The molecule has 0 aliphatic carbocycles. The summed E-state index contributed by atoms with van der Waals surface area (Å²) >= 11 is 0.